The van der Waals surface area contributed by atoms with Gasteiger partial charge in [-0.15, -0.1) is 0 Å². The van der Waals surface area contributed by atoms with Gasteiger partial charge in [0.15, 0.2) is 5.82 Å². The van der Waals surface area contributed by atoms with Crippen molar-refractivity contribution in [1.82, 2.24) is 15.5 Å². The highest BCUT2D eigenvalue weighted by atomic mass is 16.5. The summed E-state index contributed by atoms with van der Waals surface area (Å²) in [5.74, 6) is 1.67. The summed E-state index contributed by atoms with van der Waals surface area (Å²) in [6.07, 6.45) is 4.53. The Balaban J connectivity index is 1.71. The lowest BCUT2D eigenvalue weighted by atomic mass is 9.64. The molecule has 110 valence electrons. The minimum atomic E-state index is -0.0224. The summed E-state index contributed by atoms with van der Waals surface area (Å²) in [5, 5.41) is 7.75. The topological polar surface area (TPSA) is 51.0 Å². The largest absolute Gasteiger partial charge is 0.339 e. The number of aromatic nitrogens is 2. The van der Waals surface area contributed by atoms with Gasteiger partial charge in [0.05, 0.1) is 10.8 Å². The molecule has 4 nitrogen and oxygen atoms in total. The van der Waals surface area contributed by atoms with Gasteiger partial charge in [-0.1, -0.05) is 41.9 Å². The van der Waals surface area contributed by atoms with Gasteiger partial charge in [-0.05, 0) is 38.3 Å². The fourth-order valence-electron chi connectivity index (χ4n) is 3.59. The predicted molar refractivity (Wildman–Crippen MR) is 80.2 cm³/mol. The molecule has 0 spiro atoms. The summed E-state index contributed by atoms with van der Waals surface area (Å²) in [7, 11) is 0. The van der Waals surface area contributed by atoms with E-state index in [0.29, 0.717) is 0 Å². The zero-order valence-electron chi connectivity index (χ0n) is 12.4. The first-order valence-corrected chi connectivity index (χ1v) is 7.84. The zero-order chi connectivity index (χ0) is 14.3. The highest BCUT2D eigenvalue weighted by Crippen LogP contribution is 2.48. The van der Waals surface area contributed by atoms with Gasteiger partial charge in [0.1, 0.15) is 0 Å². The van der Waals surface area contributed by atoms with Crippen molar-refractivity contribution >= 4 is 0 Å². The monoisotopic (exact) mass is 283 g/mol. The average Bonchev–Trinajstić information content (AvgIpc) is 3.09. The first-order chi connectivity index (χ1) is 10.2. The van der Waals surface area contributed by atoms with Gasteiger partial charge in [0, 0.05) is 6.54 Å². The molecular weight excluding hydrogens is 262 g/mol. The molecule has 1 aromatic heterocycles. The standard InChI is InChI=1S/C17H21N3O/c1-16(10-11-18-12-16)15-19-14(20-21-15)17(8-5-9-17)13-6-3-2-4-7-13/h2-4,6-7,18H,5,8-12H2,1H3. The van der Waals surface area contributed by atoms with Crippen molar-refractivity contribution in [2.24, 2.45) is 0 Å². The van der Waals surface area contributed by atoms with Crippen molar-refractivity contribution in [2.45, 2.75) is 43.4 Å². The van der Waals surface area contributed by atoms with E-state index in [0.717, 1.165) is 44.1 Å². The Morgan fingerprint density at radius 2 is 1.95 bits per heavy atom. The molecule has 1 unspecified atom stereocenters. The average molecular weight is 283 g/mol. The normalized spacial score (nSPS) is 27.5. The maximum absolute atomic E-state index is 5.65. The molecule has 0 bridgehead atoms. The Morgan fingerprint density at radius 3 is 2.57 bits per heavy atom. The molecule has 1 saturated carbocycles. The number of hydrogen-bond acceptors (Lipinski definition) is 4. The van der Waals surface area contributed by atoms with Crippen molar-refractivity contribution < 1.29 is 4.52 Å². The summed E-state index contributed by atoms with van der Waals surface area (Å²) in [6, 6.07) is 10.6. The van der Waals surface area contributed by atoms with Crippen LogP contribution >= 0.6 is 0 Å². The molecule has 21 heavy (non-hydrogen) atoms. The van der Waals surface area contributed by atoms with Gasteiger partial charge >= 0.3 is 0 Å². The molecule has 2 heterocycles. The van der Waals surface area contributed by atoms with Crippen LogP contribution in [0.2, 0.25) is 0 Å². The first-order valence-electron chi connectivity index (χ1n) is 7.84. The van der Waals surface area contributed by atoms with Crippen molar-refractivity contribution in [1.29, 1.82) is 0 Å². The summed E-state index contributed by atoms with van der Waals surface area (Å²) < 4.78 is 5.65. The Bertz CT molecular complexity index is 624. The molecule has 2 aromatic rings. The highest BCUT2D eigenvalue weighted by Gasteiger charge is 2.46. The Labute approximate surface area is 124 Å². The second-order valence-corrected chi connectivity index (χ2v) is 6.71. The van der Waals surface area contributed by atoms with Crippen LogP contribution in [0.25, 0.3) is 0 Å². The third-order valence-electron chi connectivity index (χ3n) is 5.27. The number of benzene rings is 1. The number of rotatable bonds is 3. The van der Waals surface area contributed by atoms with Gasteiger partial charge in [-0.25, -0.2) is 0 Å². The highest BCUT2D eigenvalue weighted by molar-refractivity contribution is 5.35. The Hall–Kier alpha value is -1.68. The molecule has 1 aliphatic heterocycles. The molecule has 4 rings (SSSR count). The fourth-order valence-corrected chi connectivity index (χ4v) is 3.59. The van der Waals surface area contributed by atoms with E-state index in [4.69, 9.17) is 9.51 Å². The van der Waals surface area contributed by atoms with E-state index >= 15 is 0 Å². The molecule has 1 aromatic carbocycles. The molecule has 1 N–H and O–H groups in total. The molecule has 1 atom stereocenters. The maximum Gasteiger partial charge on any atom is 0.233 e. The Morgan fingerprint density at radius 1 is 1.14 bits per heavy atom. The van der Waals surface area contributed by atoms with Gasteiger partial charge in [-0.2, -0.15) is 4.98 Å². The molecular formula is C17H21N3O. The number of nitrogens with zero attached hydrogens (tertiary/aromatic N) is 2. The van der Waals surface area contributed by atoms with Crippen LogP contribution in [0.4, 0.5) is 0 Å². The van der Waals surface area contributed by atoms with Crippen LogP contribution in [0.1, 0.15) is 49.9 Å². The second-order valence-electron chi connectivity index (χ2n) is 6.71. The third kappa shape index (κ3) is 1.93. The van der Waals surface area contributed by atoms with Gasteiger partial charge in [0.2, 0.25) is 5.89 Å². The zero-order valence-corrected chi connectivity index (χ0v) is 12.4. The molecule has 0 amide bonds. The summed E-state index contributed by atoms with van der Waals surface area (Å²) in [6.45, 7) is 4.16. The smallest absolute Gasteiger partial charge is 0.233 e. The van der Waals surface area contributed by atoms with Crippen LogP contribution in [-0.4, -0.2) is 23.2 Å². The van der Waals surface area contributed by atoms with Crippen molar-refractivity contribution in [3.05, 3.63) is 47.6 Å². The van der Waals surface area contributed by atoms with Crippen LogP contribution in [-0.2, 0) is 10.8 Å². The molecule has 1 aliphatic carbocycles. The lowest BCUT2D eigenvalue weighted by molar-refractivity contribution is 0.264. The van der Waals surface area contributed by atoms with Crippen LogP contribution in [0.3, 0.4) is 0 Å². The number of hydrogen-bond donors (Lipinski definition) is 1. The molecule has 2 aliphatic rings. The van der Waals surface area contributed by atoms with E-state index in [1.165, 1.54) is 12.0 Å². The maximum atomic E-state index is 5.65. The number of nitrogens with one attached hydrogen (secondary N) is 1. The summed E-state index contributed by atoms with van der Waals surface area (Å²) in [4.78, 5) is 4.82. The second kappa shape index (κ2) is 4.67. The minimum Gasteiger partial charge on any atom is -0.339 e. The van der Waals surface area contributed by atoms with Crippen LogP contribution in [0, 0.1) is 0 Å². The van der Waals surface area contributed by atoms with Crippen LogP contribution in [0.5, 0.6) is 0 Å². The molecule has 1 saturated heterocycles. The first kappa shape index (κ1) is 13.0. The summed E-state index contributed by atoms with van der Waals surface area (Å²) >= 11 is 0. The lowest BCUT2D eigenvalue weighted by Crippen LogP contribution is -2.37. The van der Waals surface area contributed by atoms with Gasteiger partial charge < -0.3 is 9.84 Å². The SMILES string of the molecule is CC1(c2nc(C3(c4ccccc4)CCC3)no2)CCNC1. The van der Waals surface area contributed by atoms with Crippen molar-refractivity contribution in [3.63, 3.8) is 0 Å². The van der Waals surface area contributed by atoms with E-state index in [1.54, 1.807) is 0 Å². The minimum absolute atomic E-state index is 0.00707. The van der Waals surface area contributed by atoms with Crippen molar-refractivity contribution in [2.75, 3.05) is 13.1 Å². The van der Waals surface area contributed by atoms with Gasteiger partial charge in [0.25, 0.3) is 0 Å². The van der Waals surface area contributed by atoms with E-state index in [9.17, 15) is 0 Å². The Kier molecular flexibility index (Phi) is 2.89. The summed E-state index contributed by atoms with van der Waals surface area (Å²) in [5.41, 5.74) is 1.29. The van der Waals surface area contributed by atoms with E-state index in [2.05, 4.69) is 47.7 Å². The quantitative estimate of drug-likeness (QED) is 0.941. The van der Waals surface area contributed by atoms with Crippen LogP contribution < -0.4 is 5.32 Å². The molecule has 2 fully saturated rings. The fraction of sp³-hybridized carbons (Fsp3) is 0.529. The molecule has 4 heteroatoms. The lowest BCUT2D eigenvalue weighted by Gasteiger charge is -2.39. The van der Waals surface area contributed by atoms with E-state index in [1.807, 2.05) is 0 Å². The predicted octanol–water partition coefficient (Wildman–Crippen LogP) is 2.79. The van der Waals surface area contributed by atoms with Crippen molar-refractivity contribution in [3.8, 4) is 0 Å². The van der Waals surface area contributed by atoms with Crippen LogP contribution in [0.15, 0.2) is 34.9 Å². The van der Waals surface area contributed by atoms with Gasteiger partial charge in [-0.3, -0.25) is 0 Å². The third-order valence-corrected chi connectivity index (χ3v) is 5.27. The van der Waals surface area contributed by atoms with E-state index < -0.39 is 0 Å². The molecule has 0 radical (unpaired) electrons. The van der Waals surface area contributed by atoms with E-state index in [-0.39, 0.29) is 10.8 Å².